The Morgan fingerprint density at radius 1 is 0.402 bits per heavy atom. The lowest BCUT2D eigenvalue weighted by molar-refractivity contribution is -0.870. The normalized spacial score (nSPS) is 13.6. The highest BCUT2D eigenvalue weighted by atomic mass is 31.2. The number of ether oxygens (including phenoxy) is 1. The molecule has 0 spiro atoms. The molecule has 3 unspecified atom stereocenters. The maximum atomic E-state index is 13.6. The smallest absolute Gasteiger partial charge is 0.306 e. The monoisotopic (exact) mass is 1250 g/mol. The molecule has 10 heteroatoms. The van der Waals surface area contributed by atoms with Crippen LogP contribution in [0.1, 0.15) is 393 Å². The van der Waals surface area contributed by atoms with Crippen LogP contribution in [0.25, 0.3) is 0 Å². The third kappa shape index (κ3) is 68.4. The molecule has 0 fully saturated rings. The number of allylic oxidation sites excluding steroid dienone is 5. The van der Waals surface area contributed by atoms with Crippen molar-refractivity contribution in [3.63, 3.8) is 0 Å². The first-order valence-corrected chi connectivity index (χ1v) is 39.8. The van der Waals surface area contributed by atoms with E-state index >= 15 is 0 Å². The predicted molar refractivity (Wildman–Crippen MR) is 376 cm³/mol. The Kier molecular flexibility index (Phi) is 65.8. The van der Waals surface area contributed by atoms with Gasteiger partial charge in [-0.05, 0) is 63.9 Å². The number of amides is 1. The summed E-state index contributed by atoms with van der Waals surface area (Å²) < 4.78 is 30.5. The summed E-state index contributed by atoms with van der Waals surface area (Å²) in [5.41, 5.74) is 0. The van der Waals surface area contributed by atoms with Crippen molar-refractivity contribution in [1.29, 1.82) is 0 Å². The second-order valence-corrected chi connectivity index (χ2v) is 28.9. The Bertz CT molecular complexity index is 1580. The van der Waals surface area contributed by atoms with Gasteiger partial charge in [0.05, 0.1) is 33.8 Å². The molecule has 514 valence electrons. The first-order chi connectivity index (χ1) is 42.4. The topological polar surface area (TPSA) is 114 Å². The number of quaternary nitrogens is 1. The number of unbranched alkanes of at least 4 members (excludes halogenated alkanes) is 51. The number of carbonyl (C=O) groups is 2. The molecule has 0 bridgehead atoms. The largest absolute Gasteiger partial charge is 0.756 e. The lowest BCUT2D eigenvalue weighted by Crippen LogP contribution is -2.47. The van der Waals surface area contributed by atoms with Crippen molar-refractivity contribution in [3.05, 3.63) is 36.5 Å². The van der Waals surface area contributed by atoms with Gasteiger partial charge in [0.2, 0.25) is 5.91 Å². The van der Waals surface area contributed by atoms with E-state index < -0.39 is 20.0 Å². The summed E-state index contributed by atoms with van der Waals surface area (Å²) in [7, 11) is 1.21. The number of hydrogen-bond acceptors (Lipinski definition) is 7. The van der Waals surface area contributed by atoms with E-state index in [1.54, 1.807) is 0 Å². The summed E-state index contributed by atoms with van der Waals surface area (Å²) in [5.74, 6) is -0.515. The molecule has 0 aromatic rings. The Balaban J connectivity index is 4.96. The van der Waals surface area contributed by atoms with E-state index in [2.05, 4.69) is 50.4 Å². The number of carbonyl (C=O) groups excluding carboxylic acids is 2. The first-order valence-electron chi connectivity index (χ1n) is 38.3. The summed E-state index contributed by atoms with van der Waals surface area (Å²) in [6.07, 6.45) is 84.2. The summed E-state index contributed by atoms with van der Waals surface area (Å²) >= 11 is 0. The summed E-state index contributed by atoms with van der Waals surface area (Å²) in [6.45, 7) is 6.90. The molecular weight excluding hydrogens is 1100 g/mol. The van der Waals surface area contributed by atoms with Crippen LogP contribution in [0.5, 0.6) is 0 Å². The molecule has 0 saturated heterocycles. The van der Waals surface area contributed by atoms with Crippen molar-refractivity contribution in [1.82, 2.24) is 5.32 Å². The van der Waals surface area contributed by atoms with Crippen LogP contribution >= 0.6 is 7.82 Å². The highest BCUT2D eigenvalue weighted by Gasteiger charge is 2.27. The molecule has 0 aromatic heterocycles. The number of nitrogens with zero attached hydrogens (tertiary/aromatic N) is 1. The molecule has 0 rings (SSSR count). The molecule has 3 atom stereocenters. The molecular formula is C77H149N2O7P. The quantitative estimate of drug-likeness (QED) is 0.0212. The van der Waals surface area contributed by atoms with Gasteiger partial charge in [-0.3, -0.25) is 14.2 Å². The third-order valence-electron chi connectivity index (χ3n) is 17.6. The number of hydrogen-bond donors (Lipinski definition) is 1. The SMILES string of the molecule is CCCCC/C=C\C/C=C\CCCCCCCCCCCCCCCCCCCC(=O)NC(COP(=O)([O-])OCC[N+](C)(C)C)C(/C=C\CCCCCCCCCCCCC)OC(=O)CCCCCCCCCCCCCCCCCCCCCCC. The molecule has 1 amide bonds. The van der Waals surface area contributed by atoms with Crippen molar-refractivity contribution in [2.24, 2.45) is 0 Å². The fourth-order valence-electron chi connectivity index (χ4n) is 11.7. The van der Waals surface area contributed by atoms with Crippen LogP contribution in [0.2, 0.25) is 0 Å². The lowest BCUT2D eigenvalue weighted by Gasteiger charge is -2.30. The van der Waals surface area contributed by atoms with E-state index in [-0.39, 0.29) is 31.5 Å². The molecule has 87 heavy (non-hydrogen) atoms. The van der Waals surface area contributed by atoms with Crippen LogP contribution in [0.4, 0.5) is 0 Å². The average molecular weight is 1250 g/mol. The highest BCUT2D eigenvalue weighted by Crippen LogP contribution is 2.38. The molecule has 0 heterocycles. The van der Waals surface area contributed by atoms with Gasteiger partial charge in [-0.1, -0.05) is 353 Å². The van der Waals surface area contributed by atoms with Gasteiger partial charge in [0.15, 0.2) is 0 Å². The first kappa shape index (κ1) is 85.2. The van der Waals surface area contributed by atoms with Gasteiger partial charge in [0.1, 0.15) is 19.3 Å². The highest BCUT2D eigenvalue weighted by molar-refractivity contribution is 7.45. The fraction of sp³-hybridized carbons (Fsp3) is 0.896. The number of nitrogens with one attached hydrogen (secondary N) is 1. The average Bonchev–Trinajstić information content (AvgIpc) is 3.69. The molecule has 0 aromatic carbocycles. The van der Waals surface area contributed by atoms with Crippen molar-refractivity contribution in [2.45, 2.75) is 405 Å². The molecule has 9 nitrogen and oxygen atoms in total. The maximum absolute atomic E-state index is 13.6. The molecule has 0 aliphatic rings. The van der Waals surface area contributed by atoms with Crippen molar-refractivity contribution in [3.8, 4) is 0 Å². The zero-order chi connectivity index (χ0) is 63.5. The lowest BCUT2D eigenvalue weighted by atomic mass is 10.0. The van der Waals surface area contributed by atoms with Crippen LogP contribution < -0.4 is 10.2 Å². The van der Waals surface area contributed by atoms with E-state index in [1.807, 2.05) is 33.3 Å². The molecule has 0 aliphatic carbocycles. The van der Waals surface area contributed by atoms with Gasteiger partial charge in [0.25, 0.3) is 7.82 Å². The Morgan fingerprint density at radius 3 is 1.06 bits per heavy atom. The predicted octanol–water partition coefficient (Wildman–Crippen LogP) is 23.9. The van der Waals surface area contributed by atoms with Crippen molar-refractivity contribution in [2.75, 3.05) is 40.9 Å². The van der Waals surface area contributed by atoms with Crippen LogP contribution in [-0.4, -0.2) is 69.4 Å². The summed E-state index contributed by atoms with van der Waals surface area (Å²) in [5, 5.41) is 3.06. The van der Waals surface area contributed by atoms with Gasteiger partial charge in [-0.15, -0.1) is 0 Å². The van der Waals surface area contributed by atoms with E-state index in [0.29, 0.717) is 17.4 Å². The Labute approximate surface area is 542 Å². The van der Waals surface area contributed by atoms with Crippen LogP contribution in [0.3, 0.4) is 0 Å². The van der Waals surface area contributed by atoms with E-state index in [4.69, 9.17) is 13.8 Å². The number of rotatable bonds is 71. The molecule has 0 aliphatic heterocycles. The zero-order valence-electron chi connectivity index (χ0n) is 59.0. The second-order valence-electron chi connectivity index (χ2n) is 27.5. The van der Waals surface area contributed by atoms with Crippen LogP contribution in [0, 0.1) is 0 Å². The summed E-state index contributed by atoms with van der Waals surface area (Å²) in [4.78, 5) is 40.3. The van der Waals surface area contributed by atoms with Gasteiger partial charge >= 0.3 is 5.97 Å². The number of likely N-dealkylation sites (N-methyl/N-ethyl adjacent to an activating group) is 1. The Hall–Kier alpha value is -1.77. The Morgan fingerprint density at radius 2 is 0.701 bits per heavy atom. The minimum atomic E-state index is -4.70. The van der Waals surface area contributed by atoms with Gasteiger partial charge < -0.3 is 28.5 Å². The second kappa shape index (κ2) is 67.1. The summed E-state index contributed by atoms with van der Waals surface area (Å²) in [6, 6.07) is -0.885. The minimum absolute atomic E-state index is 0.0184. The maximum Gasteiger partial charge on any atom is 0.306 e. The number of esters is 1. The van der Waals surface area contributed by atoms with Crippen LogP contribution in [-0.2, 0) is 27.9 Å². The standard InChI is InChI=1S/C77H149N2O7P/c1-7-10-13-16-19-22-25-28-30-32-34-36-37-38-39-40-41-43-44-46-48-51-54-57-60-63-66-69-76(80)78-74(73-85-87(82,83)84-72-71-79(4,5)6)75(68-65-62-59-56-53-50-27-24-21-18-15-12-9-3)86-77(81)70-67-64-61-58-55-52-49-47-45-42-35-33-31-29-26-23-20-17-14-11-8-2/h19,22,28,30,65,68,74-75H,7-18,20-21,23-27,29,31-64,66-67,69-73H2,1-6H3,(H-,78,80,82,83)/b22-19-,30-28-,68-65-. The number of phosphoric acid groups is 1. The van der Waals surface area contributed by atoms with Crippen molar-refractivity contribution >= 4 is 19.7 Å². The molecule has 1 N–H and O–H groups in total. The minimum Gasteiger partial charge on any atom is -0.756 e. The van der Waals surface area contributed by atoms with Crippen molar-refractivity contribution < 1.29 is 37.3 Å². The zero-order valence-corrected chi connectivity index (χ0v) is 59.9. The fourth-order valence-corrected chi connectivity index (χ4v) is 12.4. The molecule has 0 saturated carbocycles. The van der Waals surface area contributed by atoms with Gasteiger partial charge in [-0.2, -0.15) is 0 Å². The van der Waals surface area contributed by atoms with E-state index in [0.717, 1.165) is 64.2 Å². The van der Waals surface area contributed by atoms with E-state index in [9.17, 15) is 19.0 Å². The van der Waals surface area contributed by atoms with Gasteiger partial charge in [-0.25, -0.2) is 0 Å². The van der Waals surface area contributed by atoms with E-state index in [1.165, 1.54) is 295 Å². The number of phosphoric ester groups is 1. The third-order valence-corrected chi connectivity index (χ3v) is 18.5. The van der Waals surface area contributed by atoms with Gasteiger partial charge in [0, 0.05) is 12.8 Å². The molecule has 0 radical (unpaired) electrons. The van der Waals surface area contributed by atoms with Crippen LogP contribution in [0.15, 0.2) is 36.5 Å².